The number of methoxy groups -OCH3 is 4. The van der Waals surface area contributed by atoms with E-state index in [4.69, 9.17) is 18.9 Å². The van der Waals surface area contributed by atoms with Crippen molar-refractivity contribution in [3.63, 3.8) is 0 Å². The van der Waals surface area contributed by atoms with Crippen molar-refractivity contribution in [2.45, 2.75) is 18.8 Å². The third-order valence-corrected chi connectivity index (χ3v) is 10.8. The molecule has 4 atom stereocenters. The average molecular weight is 753 g/mol. The monoisotopic (exact) mass is 751 g/mol. The maximum Gasteiger partial charge on any atom is 0.238 e. The standard InChI is InChI=1S/C40H34BrNO9/c1-48-24-11-14-31(49-2)21(15-24)8-5-20-6-9-22(10-7-20)42-39(46)26-13-12-25-27(34(26)40(42)47)18-28-35(30(44)19-29(41)38(28)45)36(25)37-32(50-3)16-23(43)17-33(37)51-4/h5-12,14-17,19,26-27,34,36,43H,13,18H2,1-4H3/t26-,27+,34-,36-/m0/s1. The Morgan fingerprint density at radius 3 is 2.14 bits per heavy atom. The number of amides is 2. The number of imide groups is 1. The fraction of sp³-hybridized carbons (Fsp3) is 0.250. The third kappa shape index (κ3) is 5.65. The second-order valence-electron chi connectivity index (χ2n) is 12.7. The molecule has 0 saturated carbocycles. The van der Waals surface area contributed by atoms with Gasteiger partial charge in [0.1, 0.15) is 28.7 Å². The molecule has 1 N–H and O–H groups in total. The van der Waals surface area contributed by atoms with Crippen molar-refractivity contribution in [1.29, 1.82) is 0 Å². The number of hydrogen-bond acceptors (Lipinski definition) is 9. The van der Waals surface area contributed by atoms with E-state index in [1.807, 2.05) is 48.6 Å². The predicted octanol–water partition coefficient (Wildman–Crippen LogP) is 6.56. The molecule has 0 aromatic heterocycles. The van der Waals surface area contributed by atoms with E-state index >= 15 is 0 Å². The first-order valence-electron chi connectivity index (χ1n) is 16.3. The Morgan fingerprint density at radius 2 is 1.49 bits per heavy atom. The molecule has 1 saturated heterocycles. The Hall–Kier alpha value is -5.42. The zero-order chi connectivity index (χ0) is 36.1. The van der Waals surface area contributed by atoms with Crippen LogP contribution < -0.4 is 23.8 Å². The number of phenols is 1. The number of ketones is 2. The Bertz CT molecular complexity index is 2100. The maximum absolute atomic E-state index is 14.4. The van der Waals surface area contributed by atoms with Gasteiger partial charge >= 0.3 is 0 Å². The van der Waals surface area contributed by atoms with Gasteiger partial charge in [0, 0.05) is 46.4 Å². The van der Waals surface area contributed by atoms with Gasteiger partial charge in [-0.3, -0.25) is 24.1 Å². The summed E-state index contributed by atoms with van der Waals surface area (Å²) in [5.74, 6) is -2.37. The van der Waals surface area contributed by atoms with Gasteiger partial charge in [0.25, 0.3) is 0 Å². The second-order valence-corrected chi connectivity index (χ2v) is 13.6. The fourth-order valence-electron chi connectivity index (χ4n) is 7.89. The predicted molar refractivity (Wildman–Crippen MR) is 193 cm³/mol. The molecule has 260 valence electrons. The van der Waals surface area contributed by atoms with E-state index in [1.54, 1.807) is 26.4 Å². The summed E-state index contributed by atoms with van der Waals surface area (Å²) < 4.78 is 22.3. The topological polar surface area (TPSA) is 129 Å². The Morgan fingerprint density at radius 1 is 0.804 bits per heavy atom. The number of nitrogens with zero attached hydrogens (tertiary/aromatic N) is 1. The Labute approximate surface area is 302 Å². The molecule has 0 unspecified atom stereocenters. The minimum Gasteiger partial charge on any atom is -0.508 e. The molecule has 10 nitrogen and oxygen atoms in total. The van der Waals surface area contributed by atoms with Crippen molar-refractivity contribution in [3.05, 3.63) is 105 Å². The Kier molecular flexibility index (Phi) is 8.93. The van der Waals surface area contributed by atoms with Crippen molar-refractivity contribution >= 4 is 57.2 Å². The highest BCUT2D eigenvalue weighted by Gasteiger charge is 2.57. The molecule has 3 aromatic carbocycles. The van der Waals surface area contributed by atoms with Crippen LogP contribution in [0.1, 0.15) is 35.4 Å². The second kappa shape index (κ2) is 13.4. The van der Waals surface area contributed by atoms with E-state index in [1.165, 1.54) is 37.3 Å². The molecule has 51 heavy (non-hydrogen) atoms. The van der Waals surface area contributed by atoms with Crippen molar-refractivity contribution in [1.82, 2.24) is 0 Å². The van der Waals surface area contributed by atoms with Gasteiger partial charge in [0.15, 0.2) is 11.6 Å². The SMILES string of the molecule is COc1ccc(OC)c(C=Cc2ccc(N3C(=O)[C@H]4[C@H](CC=C5[C@H](c6c(OC)cc(O)cc6OC)C6=C(C[C@H]54)C(=O)C(Br)=CC6=O)C3=O)cc2)c1. The number of aromatic hydroxyl groups is 1. The Balaban J connectivity index is 1.24. The number of benzene rings is 3. The molecule has 0 bridgehead atoms. The number of ether oxygens (including phenoxy) is 4. The first kappa shape index (κ1) is 34.0. The number of rotatable bonds is 8. The summed E-state index contributed by atoms with van der Waals surface area (Å²) in [7, 11) is 6.08. The van der Waals surface area contributed by atoms with Crippen LogP contribution in [-0.4, -0.2) is 56.9 Å². The van der Waals surface area contributed by atoms with Crippen molar-refractivity contribution in [3.8, 4) is 28.7 Å². The number of Topliss-reactive ketones (excluding diaryl/α,β-unsaturated/α-hetero) is 1. The fourth-order valence-corrected chi connectivity index (χ4v) is 8.34. The number of carbonyl (C=O) groups is 4. The van der Waals surface area contributed by atoms with Crippen LogP contribution in [0.2, 0.25) is 0 Å². The molecule has 3 aliphatic carbocycles. The van der Waals surface area contributed by atoms with Gasteiger partial charge in [-0.1, -0.05) is 35.9 Å². The summed E-state index contributed by atoms with van der Waals surface area (Å²) in [5, 5.41) is 10.4. The minimum atomic E-state index is -0.815. The minimum absolute atomic E-state index is 0.103. The molecule has 1 aliphatic heterocycles. The largest absolute Gasteiger partial charge is 0.508 e. The van der Waals surface area contributed by atoms with Gasteiger partial charge < -0.3 is 24.1 Å². The van der Waals surface area contributed by atoms with Crippen molar-refractivity contribution < 1.29 is 43.2 Å². The van der Waals surface area contributed by atoms with E-state index in [2.05, 4.69) is 15.9 Å². The quantitative estimate of drug-likeness (QED) is 0.118. The van der Waals surface area contributed by atoms with Crippen LogP contribution in [-0.2, 0) is 19.2 Å². The van der Waals surface area contributed by atoms with Crippen LogP contribution in [0.15, 0.2) is 88.0 Å². The first-order valence-corrected chi connectivity index (χ1v) is 17.1. The normalized spacial score (nSPS) is 22.7. The van der Waals surface area contributed by atoms with Gasteiger partial charge in [-0.2, -0.15) is 0 Å². The maximum atomic E-state index is 14.4. The zero-order valence-corrected chi connectivity index (χ0v) is 29.9. The lowest BCUT2D eigenvalue weighted by Gasteiger charge is -2.42. The van der Waals surface area contributed by atoms with Gasteiger partial charge in [-0.05, 0) is 70.6 Å². The van der Waals surface area contributed by atoms with Crippen molar-refractivity contribution in [2.24, 2.45) is 17.8 Å². The highest BCUT2D eigenvalue weighted by Crippen LogP contribution is 2.58. The molecular formula is C40H34BrNO9. The lowest BCUT2D eigenvalue weighted by molar-refractivity contribution is -0.123. The summed E-state index contributed by atoms with van der Waals surface area (Å²) in [6.45, 7) is 0. The number of phenolic OH excluding ortho intramolecular Hbond substituents is 1. The zero-order valence-electron chi connectivity index (χ0n) is 28.3. The number of hydrogen-bond donors (Lipinski definition) is 1. The van der Waals surface area contributed by atoms with Crippen LogP contribution >= 0.6 is 15.9 Å². The lowest BCUT2D eigenvalue weighted by atomic mass is 9.59. The number of halogens is 1. The molecule has 0 radical (unpaired) electrons. The molecule has 1 heterocycles. The van der Waals surface area contributed by atoms with Gasteiger partial charge in [-0.15, -0.1) is 0 Å². The lowest BCUT2D eigenvalue weighted by Crippen LogP contribution is -2.39. The number of carbonyl (C=O) groups excluding carboxylic acids is 4. The summed E-state index contributed by atoms with van der Waals surface area (Å²) in [5.41, 5.74) is 3.86. The highest BCUT2D eigenvalue weighted by molar-refractivity contribution is 9.12. The smallest absolute Gasteiger partial charge is 0.238 e. The van der Waals surface area contributed by atoms with Gasteiger partial charge in [0.05, 0.1) is 50.4 Å². The molecule has 0 spiro atoms. The molecular weight excluding hydrogens is 718 g/mol. The number of allylic oxidation sites excluding steroid dienone is 6. The van der Waals surface area contributed by atoms with Crippen LogP contribution in [0.3, 0.4) is 0 Å². The number of anilines is 1. The van der Waals surface area contributed by atoms with Gasteiger partial charge in [0.2, 0.25) is 11.8 Å². The first-order chi connectivity index (χ1) is 24.6. The van der Waals surface area contributed by atoms with Crippen LogP contribution in [0.25, 0.3) is 12.2 Å². The van der Waals surface area contributed by atoms with Crippen molar-refractivity contribution in [2.75, 3.05) is 33.3 Å². The van der Waals surface area contributed by atoms with Crippen LogP contribution in [0.4, 0.5) is 5.69 Å². The molecule has 1 fully saturated rings. The van der Waals surface area contributed by atoms with Gasteiger partial charge in [-0.25, -0.2) is 0 Å². The number of fused-ring (bicyclic) bond motifs is 3. The highest BCUT2D eigenvalue weighted by atomic mass is 79.9. The van der Waals surface area contributed by atoms with E-state index < -0.39 is 23.7 Å². The average Bonchev–Trinajstić information content (AvgIpc) is 3.40. The summed E-state index contributed by atoms with van der Waals surface area (Å²) >= 11 is 3.26. The van der Waals surface area contributed by atoms with Crippen LogP contribution in [0.5, 0.6) is 28.7 Å². The third-order valence-electron chi connectivity index (χ3n) is 10.2. The van der Waals surface area contributed by atoms with E-state index in [0.29, 0.717) is 22.7 Å². The molecule has 11 heteroatoms. The van der Waals surface area contributed by atoms with E-state index in [0.717, 1.165) is 16.7 Å². The summed E-state index contributed by atoms with van der Waals surface area (Å²) in [4.78, 5) is 57.0. The van der Waals surface area contributed by atoms with E-state index in [9.17, 15) is 24.3 Å². The molecule has 7 rings (SSSR count). The summed E-state index contributed by atoms with van der Waals surface area (Å²) in [6, 6.07) is 15.5. The van der Waals surface area contributed by atoms with Crippen LogP contribution in [0, 0.1) is 17.8 Å². The van der Waals surface area contributed by atoms with E-state index in [-0.39, 0.29) is 69.1 Å². The molecule has 2 amide bonds. The summed E-state index contributed by atoms with van der Waals surface area (Å²) in [6.07, 6.45) is 7.36. The molecule has 3 aromatic rings. The molecule has 4 aliphatic rings.